The highest BCUT2D eigenvalue weighted by molar-refractivity contribution is 5.22. The molecule has 2 saturated heterocycles. The molecular weight excluding hydrogens is 197 g/mol. The van der Waals surface area contributed by atoms with E-state index in [1.54, 1.807) is 14.2 Å². The van der Waals surface area contributed by atoms with Gasteiger partial charge in [0.1, 0.15) is 0 Å². The van der Waals surface area contributed by atoms with E-state index in [0.29, 0.717) is 6.61 Å². The molecule has 0 saturated carbocycles. The number of methoxy groups -OCH3 is 2. The van der Waals surface area contributed by atoms with Crippen molar-refractivity contribution < 1.29 is 13.9 Å². The van der Waals surface area contributed by atoms with Gasteiger partial charge in [-0.2, -0.15) is 0 Å². The summed E-state index contributed by atoms with van der Waals surface area (Å²) < 4.78 is 23.4. The first-order valence-corrected chi connectivity index (χ1v) is 5.31. The topological polar surface area (TPSA) is 21.7 Å². The zero-order chi connectivity index (χ0) is 10.9. The Labute approximate surface area is 89.8 Å². The van der Waals surface area contributed by atoms with Crippen LogP contribution in [0.4, 0.5) is 4.39 Å². The number of nitrogens with zero attached hydrogens (tertiary/aromatic N) is 1. The molecule has 2 heterocycles. The van der Waals surface area contributed by atoms with Crippen molar-refractivity contribution in [1.82, 2.24) is 4.90 Å². The molecule has 0 unspecified atom stereocenters. The quantitative estimate of drug-likeness (QED) is 0.709. The van der Waals surface area contributed by atoms with Crippen LogP contribution in [0.2, 0.25) is 0 Å². The van der Waals surface area contributed by atoms with Gasteiger partial charge in [0.05, 0.1) is 24.6 Å². The first kappa shape index (κ1) is 11.0. The first-order valence-electron chi connectivity index (χ1n) is 5.31. The molecule has 15 heavy (non-hydrogen) atoms. The van der Waals surface area contributed by atoms with Gasteiger partial charge in [0.25, 0.3) is 0 Å². The van der Waals surface area contributed by atoms with Crippen molar-refractivity contribution in [3.8, 4) is 0 Å². The lowest BCUT2D eigenvalue weighted by molar-refractivity contribution is -0.0283. The lowest BCUT2D eigenvalue weighted by Crippen LogP contribution is -2.50. The zero-order valence-electron chi connectivity index (χ0n) is 9.33. The Morgan fingerprint density at radius 3 is 3.00 bits per heavy atom. The molecular formula is C11H18FNO2. The van der Waals surface area contributed by atoms with Gasteiger partial charge in [-0.25, -0.2) is 4.39 Å². The van der Waals surface area contributed by atoms with Crippen LogP contribution in [0.1, 0.15) is 12.8 Å². The fourth-order valence-electron chi connectivity index (χ4n) is 3.02. The molecule has 0 radical (unpaired) electrons. The van der Waals surface area contributed by atoms with Gasteiger partial charge in [-0.3, -0.25) is 4.90 Å². The van der Waals surface area contributed by atoms with Crippen molar-refractivity contribution in [2.45, 2.75) is 24.5 Å². The van der Waals surface area contributed by atoms with E-state index in [2.05, 4.69) is 4.90 Å². The summed E-state index contributed by atoms with van der Waals surface area (Å²) in [6.45, 7) is 2.31. The lowest BCUT2D eigenvalue weighted by Gasteiger charge is -2.35. The van der Waals surface area contributed by atoms with Gasteiger partial charge in [0.2, 0.25) is 0 Å². The maximum atomic E-state index is 12.6. The lowest BCUT2D eigenvalue weighted by atomic mass is 9.91. The predicted octanol–water partition coefficient (Wildman–Crippen LogP) is 1.35. The second kappa shape index (κ2) is 4.20. The van der Waals surface area contributed by atoms with E-state index in [9.17, 15) is 4.39 Å². The summed E-state index contributed by atoms with van der Waals surface area (Å²) in [7, 11) is 3.41. The maximum absolute atomic E-state index is 12.6. The Bertz CT molecular complexity index is 269. The van der Waals surface area contributed by atoms with Gasteiger partial charge in [-0.15, -0.1) is 0 Å². The molecule has 0 aromatic rings. The number of hydrogen-bond acceptors (Lipinski definition) is 3. The summed E-state index contributed by atoms with van der Waals surface area (Å²) in [5.74, 6) is 0. The number of fused-ring (bicyclic) bond motifs is 1. The molecule has 0 aliphatic carbocycles. The summed E-state index contributed by atoms with van der Waals surface area (Å²) in [5, 5.41) is 0. The Hall–Kier alpha value is -0.450. The fraction of sp³-hybridized carbons (Fsp3) is 0.818. The average Bonchev–Trinajstić information content (AvgIpc) is 2.72. The van der Waals surface area contributed by atoms with Crippen LogP contribution in [0.25, 0.3) is 0 Å². The molecule has 2 aliphatic rings. The standard InChI is InChI=1S/C11H18FNO2/c1-14-8-11-5-9(6-12)7-13(11)4-3-10(11)15-2/h6,10H,3-5,7-8H2,1-2H3/b9-6+/t10-,11+/m1/s1. The highest BCUT2D eigenvalue weighted by Crippen LogP contribution is 2.42. The van der Waals surface area contributed by atoms with Crippen LogP contribution >= 0.6 is 0 Å². The van der Waals surface area contributed by atoms with Crippen molar-refractivity contribution in [3.63, 3.8) is 0 Å². The number of ether oxygens (including phenoxy) is 2. The molecule has 0 aromatic heterocycles. The highest BCUT2D eigenvalue weighted by atomic mass is 19.1. The van der Waals surface area contributed by atoms with Gasteiger partial charge < -0.3 is 9.47 Å². The minimum Gasteiger partial charge on any atom is -0.383 e. The summed E-state index contributed by atoms with van der Waals surface area (Å²) in [4.78, 5) is 2.29. The van der Waals surface area contributed by atoms with Crippen LogP contribution in [0.5, 0.6) is 0 Å². The minimum absolute atomic E-state index is 0.124. The monoisotopic (exact) mass is 215 g/mol. The molecule has 0 aromatic carbocycles. The third kappa shape index (κ3) is 1.61. The summed E-state index contributed by atoms with van der Waals surface area (Å²) in [6, 6.07) is 0. The molecule has 3 nitrogen and oxygen atoms in total. The summed E-state index contributed by atoms with van der Waals surface area (Å²) in [6.07, 6.45) is 2.65. The van der Waals surface area contributed by atoms with Gasteiger partial charge in [0, 0.05) is 27.3 Å². The van der Waals surface area contributed by atoms with E-state index in [1.807, 2.05) is 0 Å². The first-order chi connectivity index (χ1) is 7.26. The van der Waals surface area contributed by atoms with Crippen LogP contribution < -0.4 is 0 Å². The Balaban J connectivity index is 2.23. The molecule has 0 bridgehead atoms. The third-order valence-corrected chi connectivity index (χ3v) is 3.65. The molecule has 0 N–H and O–H groups in total. The van der Waals surface area contributed by atoms with Crippen molar-refractivity contribution in [1.29, 1.82) is 0 Å². The van der Waals surface area contributed by atoms with Gasteiger partial charge in [-0.05, 0) is 18.4 Å². The van der Waals surface area contributed by atoms with E-state index in [4.69, 9.17) is 9.47 Å². The van der Waals surface area contributed by atoms with Crippen LogP contribution in [0, 0.1) is 0 Å². The zero-order valence-corrected chi connectivity index (χ0v) is 9.33. The van der Waals surface area contributed by atoms with Gasteiger partial charge >= 0.3 is 0 Å². The van der Waals surface area contributed by atoms with Crippen molar-refractivity contribution in [2.75, 3.05) is 33.9 Å². The molecule has 2 fully saturated rings. The second-order valence-electron chi connectivity index (χ2n) is 4.42. The van der Waals surface area contributed by atoms with E-state index >= 15 is 0 Å². The molecule has 86 valence electrons. The van der Waals surface area contributed by atoms with Crippen molar-refractivity contribution in [3.05, 3.63) is 11.9 Å². The van der Waals surface area contributed by atoms with Crippen LogP contribution in [0.15, 0.2) is 11.9 Å². The van der Waals surface area contributed by atoms with Gasteiger partial charge in [0.15, 0.2) is 0 Å². The average molecular weight is 215 g/mol. The molecule has 2 aliphatic heterocycles. The predicted molar refractivity (Wildman–Crippen MR) is 55.4 cm³/mol. The summed E-state index contributed by atoms with van der Waals surface area (Å²) in [5.41, 5.74) is 0.732. The molecule has 0 spiro atoms. The smallest absolute Gasteiger partial charge is 0.0872 e. The molecule has 4 heteroatoms. The van der Waals surface area contributed by atoms with E-state index < -0.39 is 0 Å². The molecule has 0 amide bonds. The third-order valence-electron chi connectivity index (χ3n) is 3.65. The van der Waals surface area contributed by atoms with Crippen molar-refractivity contribution >= 4 is 0 Å². The molecule has 2 rings (SSSR count). The minimum atomic E-state index is -0.124. The Kier molecular flexibility index (Phi) is 3.09. The van der Waals surface area contributed by atoms with Crippen molar-refractivity contribution in [2.24, 2.45) is 0 Å². The normalized spacial score (nSPS) is 38.9. The molecule has 2 atom stereocenters. The van der Waals surface area contributed by atoms with Crippen LogP contribution in [0.3, 0.4) is 0 Å². The fourth-order valence-corrected chi connectivity index (χ4v) is 3.02. The van der Waals surface area contributed by atoms with Crippen LogP contribution in [-0.2, 0) is 9.47 Å². The second-order valence-corrected chi connectivity index (χ2v) is 4.42. The number of rotatable bonds is 3. The SMILES string of the molecule is COC[C@]12C/C(=C\F)CN1CC[C@H]2OC. The van der Waals surface area contributed by atoms with E-state index in [0.717, 1.165) is 37.8 Å². The largest absolute Gasteiger partial charge is 0.383 e. The van der Waals surface area contributed by atoms with Crippen LogP contribution in [-0.4, -0.2) is 50.5 Å². The Morgan fingerprint density at radius 2 is 2.40 bits per heavy atom. The number of halogens is 1. The van der Waals surface area contributed by atoms with Gasteiger partial charge in [-0.1, -0.05) is 0 Å². The van der Waals surface area contributed by atoms with E-state index in [-0.39, 0.29) is 11.6 Å². The Morgan fingerprint density at radius 1 is 1.60 bits per heavy atom. The summed E-state index contributed by atoms with van der Waals surface area (Å²) >= 11 is 0. The maximum Gasteiger partial charge on any atom is 0.0872 e. The number of hydrogen-bond donors (Lipinski definition) is 0. The van der Waals surface area contributed by atoms with E-state index in [1.165, 1.54) is 0 Å². The highest BCUT2D eigenvalue weighted by Gasteiger charge is 2.53.